The van der Waals surface area contributed by atoms with Gasteiger partial charge in [0.05, 0.1) is 16.7 Å². The second kappa shape index (κ2) is 3.74. The number of nitrogens with zero attached hydrogens (tertiary/aromatic N) is 2. The minimum atomic E-state index is 0.635. The van der Waals surface area contributed by atoms with Crippen molar-refractivity contribution in [3.05, 3.63) is 22.3 Å². The summed E-state index contributed by atoms with van der Waals surface area (Å²) in [6, 6.07) is 5.51. The lowest BCUT2D eigenvalue weighted by atomic mass is 10.3. The molecule has 0 aliphatic carbocycles. The predicted molar refractivity (Wildman–Crippen MR) is 48.4 cm³/mol. The number of nitriles is 1. The highest BCUT2D eigenvalue weighted by atomic mass is 79.9. The molecule has 2 nitrogen and oxygen atoms in total. The molecule has 0 fully saturated rings. The predicted octanol–water partition coefficient (Wildman–Crippen LogP) is 2.44. The monoisotopic (exact) mass is 228 g/mol. The molecule has 0 saturated heterocycles. The Morgan fingerprint density at radius 3 is 2.91 bits per heavy atom. The third-order valence-electron chi connectivity index (χ3n) is 1.11. The highest BCUT2D eigenvalue weighted by molar-refractivity contribution is 9.10. The zero-order chi connectivity index (χ0) is 8.27. The van der Waals surface area contributed by atoms with E-state index in [4.69, 9.17) is 5.26 Å². The van der Waals surface area contributed by atoms with Crippen molar-refractivity contribution < 1.29 is 0 Å². The van der Waals surface area contributed by atoms with Crippen LogP contribution in [0, 0.1) is 11.3 Å². The van der Waals surface area contributed by atoms with Crippen molar-refractivity contribution >= 4 is 27.7 Å². The van der Waals surface area contributed by atoms with Crippen molar-refractivity contribution in [2.24, 2.45) is 0 Å². The molecule has 0 unspecified atom stereocenters. The smallest absolute Gasteiger partial charge is 0.108 e. The Balaban J connectivity index is 3.15. The van der Waals surface area contributed by atoms with Gasteiger partial charge in [0, 0.05) is 0 Å². The number of aromatic nitrogens is 1. The summed E-state index contributed by atoms with van der Waals surface area (Å²) in [5, 5.41) is 9.43. The molecule has 4 heteroatoms. The van der Waals surface area contributed by atoms with Crippen molar-refractivity contribution in [3.8, 4) is 6.07 Å². The maximum absolute atomic E-state index is 8.57. The van der Waals surface area contributed by atoms with Crippen molar-refractivity contribution in [1.82, 2.24) is 4.98 Å². The summed E-state index contributed by atoms with van der Waals surface area (Å²) < 4.78 is 0.709. The summed E-state index contributed by atoms with van der Waals surface area (Å²) in [5.74, 6) is 0. The molecule has 1 heterocycles. The van der Waals surface area contributed by atoms with Gasteiger partial charge in [0.25, 0.3) is 0 Å². The van der Waals surface area contributed by atoms with E-state index >= 15 is 0 Å². The Bertz CT molecular complexity index is 306. The fraction of sp³-hybridized carbons (Fsp3) is 0.143. The molecule has 1 aromatic rings. The normalized spacial score (nSPS) is 9.18. The van der Waals surface area contributed by atoms with Crippen molar-refractivity contribution in [2.45, 2.75) is 5.03 Å². The lowest BCUT2D eigenvalue weighted by molar-refractivity contribution is 1.10. The number of hydrogen-bond donors (Lipinski definition) is 0. The van der Waals surface area contributed by atoms with E-state index in [2.05, 4.69) is 27.0 Å². The molecule has 0 radical (unpaired) electrons. The lowest BCUT2D eigenvalue weighted by Crippen LogP contribution is -1.82. The Labute approximate surface area is 77.8 Å². The lowest BCUT2D eigenvalue weighted by Gasteiger charge is -1.96. The maximum Gasteiger partial charge on any atom is 0.108 e. The molecule has 0 saturated carbocycles. The van der Waals surface area contributed by atoms with Crippen LogP contribution in [-0.4, -0.2) is 11.2 Å². The standard InChI is InChI=1S/C7H5BrN2S/c1-11-7-3-5(4-9)2-6(8)10-7/h2-3H,1H3. The number of thioether (sulfide) groups is 1. The summed E-state index contributed by atoms with van der Waals surface area (Å²) in [6.45, 7) is 0. The molecule has 0 spiro atoms. The molecule has 56 valence electrons. The summed E-state index contributed by atoms with van der Waals surface area (Å²) in [4.78, 5) is 4.13. The van der Waals surface area contributed by atoms with Crippen LogP contribution in [0.4, 0.5) is 0 Å². The second-order valence-electron chi connectivity index (χ2n) is 1.83. The van der Waals surface area contributed by atoms with Crippen molar-refractivity contribution in [1.29, 1.82) is 5.26 Å². The van der Waals surface area contributed by atoms with Crippen LogP contribution in [0.5, 0.6) is 0 Å². The van der Waals surface area contributed by atoms with Crippen LogP contribution in [0.3, 0.4) is 0 Å². The Hall–Kier alpha value is -0.530. The van der Waals surface area contributed by atoms with Gasteiger partial charge in [0.15, 0.2) is 0 Å². The Morgan fingerprint density at radius 2 is 2.36 bits per heavy atom. The molecule has 0 N–H and O–H groups in total. The van der Waals surface area contributed by atoms with Crippen LogP contribution >= 0.6 is 27.7 Å². The highest BCUT2D eigenvalue weighted by Gasteiger charge is 1.97. The SMILES string of the molecule is CSc1cc(C#N)cc(Br)n1. The number of hydrogen-bond acceptors (Lipinski definition) is 3. The van der Waals surface area contributed by atoms with Gasteiger partial charge in [-0.2, -0.15) is 5.26 Å². The minimum absolute atomic E-state index is 0.635. The minimum Gasteiger partial charge on any atom is -0.235 e. The first kappa shape index (κ1) is 8.57. The van der Waals surface area contributed by atoms with Gasteiger partial charge >= 0.3 is 0 Å². The molecular formula is C7H5BrN2S. The van der Waals surface area contributed by atoms with Gasteiger partial charge in [-0.15, -0.1) is 11.8 Å². The van der Waals surface area contributed by atoms with Gasteiger partial charge in [0.2, 0.25) is 0 Å². The van der Waals surface area contributed by atoms with Gasteiger partial charge in [-0.05, 0) is 34.3 Å². The average molecular weight is 229 g/mol. The van der Waals surface area contributed by atoms with Gasteiger partial charge in [-0.3, -0.25) is 0 Å². The first-order valence-corrected chi connectivity index (χ1v) is 4.89. The van der Waals surface area contributed by atoms with Gasteiger partial charge in [0.1, 0.15) is 4.60 Å². The van der Waals surface area contributed by atoms with Crippen molar-refractivity contribution in [2.75, 3.05) is 6.26 Å². The zero-order valence-electron chi connectivity index (χ0n) is 5.84. The molecule has 0 atom stereocenters. The van der Waals surface area contributed by atoms with Gasteiger partial charge < -0.3 is 0 Å². The molecule has 0 amide bonds. The topological polar surface area (TPSA) is 36.7 Å². The van der Waals surface area contributed by atoms with Crippen LogP contribution in [-0.2, 0) is 0 Å². The first-order valence-electron chi connectivity index (χ1n) is 2.88. The van der Waals surface area contributed by atoms with Gasteiger partial charge in [-0.25, -0.2) is 4.98 Å². The zero-order valence-corrected chi connectivity index (χ0v) is 8.24. The van der Waals surface area contributed by atoms with E-state index in [0.29, 0.717) is 10.2 Å². The van der Waals surface area contributed by atoms with Crippen LogP contribution in [0.15, 0.2) is 21.8 Å². The largest absolute Gasteiger partial charge is 0.235 e. The molecule has 1 aromatic heterocycles. The molecule has 0 bridgehead atoms. The molecule has 0 aromatic carbocycles. The number of rotatable bonds is 1. The van der Waals surface area contributed by atoms with E-state index in [0.717, 1.165) is 5.03 Å². The Morgan fingerprint density at radius 1 is 1.64 bits per heavy atom. The Kier molecular flexibility index (Phi) is 2.92. The van der Waals surface area contributed by atoms with Gasteiger partial charge in [-0.1, -0.05) is 0 Å². The maximum atomic E-state index is 8.57. The fourth-order valence-corrected chi connectivity index (χ4v) is 1.63. The quantitative estimate of drug-likeness (QED) is 0.548. The van der Waals surface area contributed by atoms with Crippen molar-refractivity contribution in [3.63, 3.8) is 0 Å². The third kappa shape index (κ3) is 2.21. The molecular weight excluding hydrogens is 224 g/mol. The average Bonchev–Trinajstić information content (AvgIpc) is 2.03. The second-order valence-corrected chi connectivity index (χ2v) is 3.47. The van der Waals surface area contributed by atoms with Crippen LogP contribution in [0.25, 0.3) is 0 Å². The van der Waals surface area contributed by atoms with E-state index < -0.39 is 0 Å². The molecule has 11 heavy (non-hydrogen) atoms. The van der Waals surface area contributed by atoms with Crippen LogP contribution in [0.1, 0.15) is 5.56 Å². The summed E-state index contributed by atoms with van der Waals surface area (Å²) in [7, 11) is 0. The molecule has 0 aliphatic rings. The third-order valence-corrected chi connectivity index (χ3v) is 2.14. The first-order chi connectivity index (χ1) is 5.26. The fourth-order valence-electron chi connectivity index (χ4n) is 0.642. The highest BCUT2D eigenvalue weighted by Crippen LogP contribution is 2.17. The number of pyridine rings is 1. The molecule has 0 aliphatic heterocycles. The summed E-state index contributed by atoms with van der Waals surface area (Å²) in [6.07, 6.45) is 1.93. The summed E-state index contributed by atoms with van der Waals surface area (Å²) in [5.41, 5.74) is 0.635. The van der Waals surface area contributed by atoms with E-state index in [1.54, 1.807) is 12.1 Å². The van der Waals surface area contributed by atoms with Crippen LogP contribution in [0.2, 0.25) is 0 Å². The van der Waals surface area contributed by atoms with E-state index in [-0.39, 0.29) is 0 Å². The van der Waals surface area contributed by atoms with E-state index in [1.165, 1.54) is 11.8 Å². The van der Waals surface area contributed by atoms with Crippen LogP contribution < -0.4 is 0 Å². The number of halogens is 1. The summed E-state index contributed by atoms with van der Waals surface area (Å²) >= 11 is 4.74. The molecule has 1 rings (SSSR count). The van der Waals surface area contributed by atoms with E-state index in [9.17, 15) is 0 Å². The van der Waals surface area contributed by atoms with E-state index in [1.807, 2.05) is 6.26 Å².